The number of aromatic nitrogens is 1. The van der Waals surface area contributed by atoms with Crippen LogP contribution >= 0.6 is 0 Å². The van der Waals surface area contributed by atoms with E-state index in [0.717, 1.165) is 0 Å². The number of aromatic carboxylic acids is 1. The third-order valence-electron chi connectivity index (χ3n) is 2.12. The number of carboxylic acids is 2. The average Bonchev–Trinajstić information content (AvgIpc) is 2.26. The van der Waals surface area contributed by atoms with Crippen LogP contribution in [0.25, 0.3) is 0 Å². The highest BCUT2D eigenvalue weighted by atomic mass is 16.4. The van der Waals surface area contributed by atoms with E-state index in [1.165, 1.54) is 12.3 Å². The van der Waals surface area contributed by atoms with Gasteiger partial charge in [0.05, 0.1) is 0 Å². The van der Waals surface area contributed by atoms with Crippen LogP contribution in [-0.2, 0) is 11.3 Å². The third kappa shape index (κ3) is 3.32. The molecule has 0 aliphatic heterocycles. The maximum Gasteiger partial charge on any atom is 0.341 e. The third-order valence-corrected chi connectivity index (χ3v) is 2.12. The Morgan fingerprint density at radius 2 is 2.12 bits per heavy atom. The van der Waals surface area contributed by atoms with Crippen LogP contribution in [-0.4, -0.2) is 28.2 Å². The van der Waals surface area contributed by atoms with Gasteiger partial charge in [-0.2, -0.15) is 0 Å². The van der Waals surface area contributed by atoms with Gasteiger partial charge >= 0.3 is 11.9 Å². The highest BCUT2D eigenvalue weighted by molar-refractivity contribution is 5.86. The van der Waals surface area contributed by atoms with Gasteiger partial charge in [-0.25, -0.2) is 9.36 Å². The molecule has 16 heavy (non-hydrogen) atoms. The number of aliphatic carboxylic acids is 1. The summed E-state index contributed by atoms with van der Waals surface area (Å²) in [6.07, 6.45) is 3.36. The van der Waals surface area contributed by atoms with E-state index >= 15 is 0 Å². The summed E-state index contributed by atoms with van der Waals surface area (Å²) >= 11 is 0. The number of carboxylic acid groups (broad SMARTS) is 2. The van der Waals surface area contributed by atoms with E-state index in [1.807, 2.05) is 0 Å². The van der Waals surface area contributed by atoms with E-state index < -0.39 is 18.0 Å². The highest BCUT2D eigenvalue weighted by Crippen LogP contribution is 1.95. The van der Waals surface area contributed by atoms with Crippen LogP contribution < -0.4 is 10.3 Å². The van der Waals surface area contributed by atoms with Gasteiger partial charge in [0.1, 0.15) is 11.6 Å². The molecule has 1 heterocycles. The standard InChI is InChI=1S/C10H12N2O4/c11-8(10(15)16)3-5-12-4-1-2-7(6-12)9(13)14/h1-2,4,6,8H,3,5,11H2,(H-,13,14,15,16)/p+1/t8-/m0/s1. The van der Waals surface area contributed by atoms with E-state index in [0.29, 0.717) is 6.54 Å². The van der Waals surface area contributed by atoms with Crippen LogP contribution in [0, 0.1) is 0 Å². The molecular weight excluding hydrogens is 212 g/mol. The molecule has 0 aliphatic rings. The number of rotatable bonds is 5. The number of carbonyl (C=O) groups is 2. The van der Waals surface area contributed by atoms with Crippen molar-refractivity contribution in [2.24, 2.45) is 5.73 Å². The minimum absolute atomic E-state index is 0.159. The average molecular weight is 225 g/mol. The lowest BCUT2D eigenvalue weighted by Crippen LogP contribution is -2.40. The molecule has 0 saturated heterocycles. The summed E-state index contributed by atoms with van der Waals surface area (Å²) in [7, 11) is 0. The number of nitrogens with two attached hydrogens (primary N) is 1. The second-order valence-electron chi connectivity index (χ2n) is 3.37. The summed E-state index contributed by atoms with van der Waals surface area (Å²) in [5.41, 5.74) is 5.49. The molecule has 1 aromatic heterocycles. The van der Waals surface area contributed by atoms with Gasteiger partial charge < -0.3 is 15.9 Å². The van der Waals surface area contributed by atoms with Crippen molar-refractivity contribution in [2.45, 2.75) is 19.0 Å². The van der Waals surface area contributed by atoms with Crippen molar-refractivity contribution < 1.29 is 24.4 Å². The van der Waals surface area contributed by atoms with Crippen LogP contribution in [0.2, 0.25) is 0 Å². The predicted octanol–water partition coefficient (Wildman–Crippen LogP) is -0.526. The number of nitrogens with zero attached hydrogens (tertiary/aromatic N) is 1. The summed E-state index contributed by atoms with van der Waals surface area (Å²) < 4.78 is 1.60. The van der Waals surface area contributed by atoms with Crippen LogP contribution in [0.15, 0.2) is 24.5 Å². The summed E-state index contributed by atoms with van der Waals surface area (Å²) in [6.45, 7) is 0.370. The maximum atomic E-state index is 10.7. The molecule has 0 spiro atoms. The molecule has 0 saturated carbocycles. The minimum atomic E-state index is -1.06. The van der Waals surface area contributed by atoms with Gasteiger partial charge in [0.2, 0.25) is 0 Å². The minimum Gasteiger partial charge on any atom is -0.480 e. The first-order valence-corrected chi connectivity index (χ1v) is 4.71. The van der Waals surface area contributed by atoms with Crippen LogP contribution in [0.5, 0.6) is 0 Å². The lowest BCUT2D eigenvalue weighted by atomic mass is 10.2. The van der Waals surface area contributed by atoms with E-state index in [2.05, 4.69) is 0 Å². The van der Waals surface area contributed by atoms with Crippen molar-refractivity contribution in [2.75, 3.05) is 0 Å². The summed E-state index contributed by atoms with van der Waals surface area (Å²) in [6, 6.07) is 2.13. The summed E-state index contributed by atoms with van der Waals surface area (Å²) in [5.74, 6) is -2.08. The van der Waals surface area contributed by atoms with Crippen molar-refractivity contribution >= 4 is 11.9 Å². The van der Waals surface area contributed by atoms with Gasteiger partial charge in [0.15, 0.2) is 18.9 Å². The molecule has 0 fully saturated rings. The second-order valence-corrected chi connectivity index (χ2v) is 3.37. The highest BCUT2D eigenvalue weighted by Gasteiger charge is 2.15. The Morgan fingerprint density at radius 1 is 1.44 bits per heavy atom. The first-order valence-electron chi connectivity index (χ1n) is 4.71. The quantitative estimate of drug-likeness (QED) is 0.584. The Kier molecular flexibility index (Phi) is 3.96. The smallest absolute Gasteiger partial charge is 0.341 e. The Labute approximate surface area is 91.9 Å². The fraction of sp³-hybridized carbons (Fsp3) is 0.300. The maximum absolute atomic E-state index is 10.7. The monoisotopic (exact) mass is 225 g/mol. The SMILES string of the molecule is N[C@@H](CC[n+]1cccc(C(=O)O)c1)C(=O)O. The first kappa shape index (κ1) is 12.1. The summed E-state index contributed by atoms with van der Waals surface area (Å²) in [5, 5.41) is 17.3. The van der Waals surface area contributed by atoms with Gasteiger partial charge in [-0.05, 0) is 6.07 Å². The molecule has 0 radical (unpaired) electrons. The first-order chi connectivity index (χ1) is 7.50. The Hall–Kier alpha value is -1.95. The molecule has 0 unspecified atom stereocenters. The molecule has 6 heteroatoms. The number of aryl methyl sites for hydroxylation is 1. The number of hydrogen-bond acceptors (Lipinski definition) is 3. The van der Waals surface area contributed by atoms with E-state index in [-0.39, 0.29) is 12.0 Å². The molecule has 4 N–H and O–H groups in total. The topological polar surface area (TPSA) is 105 Å². The molecule has 1 rings (SSSR count). The second kappa shape index (κ2) is 5.22. The summed E-state index contributed by atoms with van der Waals surface area (Å²) in [4.78, 5) is 21.1. The Morgan fingerprint density at radius 3 is 2.69 bits per heavy atom. The lowest BCUT2D eigenvalue weighted by Gasteiger charge is -2.03. The molecule has 86 valence electrons. The lowest BCUT2D eigenvalue weighted by molar-refractivity contribution is -0.697. The van der Waals surface area contributed by atoms with Gasteiger partial charge in [-0.3, -0.25) is 4.79 Å². The fourth-order valence-electron chi connectivity index (χ4n) is 1.20. The van der Waals surface area contributed by atoms with Gasteiger partial charge in [0.25, 0.3) is 0 Å². The normalized spacial score (nSPS) is 12.1. The number of hydrogen-bond donors (Lipinski definition) is 3. The van der Waals surface area contributed by atoms with Crippen molar-refractivity contribution in [3.8, 4) is 0 Å². The molecule has 1 aromatic rings. The predicted molar refractivity (Wildman–Crippen MR) is 53.8 cm³/mol. The molecule has 0 bridgehead atoms. The molecule has 1 atom stereocenters. The molecule has 0 aromatic carbocycles. The van der Waals surface area contributed by atoms with Crippen LogP contribution in [0.1, 0.15) is 16.8 Å². The molecule has 0 aliphatic carbocycles. The van der Waals surface area contributed by atoms with E-state index in [9.17, 15) is 9.59 Å². The zero-order valence-electron chi connectivity index (χ0n) is 8.54. The molecule has 0 amide bonds. The Balaban J connectivity index is 2.64. The van der Waals surface area contributed by atoms with E-state index in [1.54, 1.807) is 16.8 Å². The zero-order valence-corrected chi connectivity index (χ0v) is 8.54. The van der Waals surface area contributed by atoms with Crippen molar-refractivity contribution in [1.82, 2.24) is 0 Å². The van der Waals surface area contributed by atoms with Crippen LogP contribution in [0.3, 0.4) is 0 Å². The largest absolute Gasteiger partial charge is 0.480 e. The van der Waals surface area contributed by atoms with Gasteiger partial charge in [-0.15, -0.1) is 0 Å². The van der Waals surface area contributed by atoms with Gasteiger partial charge in [-0.1, -0.05) is 0 Å². The molecule has 6 nitrogen and oxygen atoms in total. The Bertz CT molecular complexity index is 406. The number of pyridine rings is 1. The molecular formula is C10H13N2O4+. The zero-order chi connectivity index (χ0) is 12.1. The fourth-order valence-corrected chi connectivity index (χ4v) is 1.20. The van der Waals surface area contributed by atoms with Crippen molar-refractivity contribution in [3.63, 3.8) is 0 Å². The van der Waals surface area contributed by atoms with Crippen molar-refractivity contribution in [1.29, 1.82) is 0 Å². The van der Waals surface area contributed by atoms with Crippen molar-refractivity contribution in [3.05, 3.63) is 30.1 Å². The van der Waals surface area contributed by atoms with Crippen LogP contribution in [0.4, 0.5) is 0 Å². The van der Waals surface area contributed by atoms with Gasteiger partial charge in [0, 0.05) is 12.5 Å². The van der Waals surface area contributed by atoms with E-state index in [4.69, 9.17) is 15.9 Å².